The third kappa shape index (κ3) is 5.12. The summed E-state index contributed by atoms with van der Waals surface area (Å²) in [5.41, 5.74) is 3.80. The van der Waals surface area contributed by atoms with Gasteiger partial charge in [0.2, 0.25) is 5.91 Å². The molecule has 0 aliphatic carbocycles. The number of halogens is 1. The lowest BCUT2D eigenvalue weighted by Gasteiger charge is -2.36. The minimum absolute atomic E-state index is 0.201. The second kappa shape index (κ2) is 9.90. The van der Waals surface area contributed by atoms with Crippen LogP contribution in [0.15, 0.2) is 54.6 Å². The van der Waals surface area contributed by atoms with Gasteiger partial charge in [0.25, 0.3) is 0 Å². The molecule has 33 heavy (non-hydrogen) atoms. The molecule has 0 saturated carbocycles. The number of benzene rings is 2. The maximum Gasteiger partial charge on any atom is 0.225 e. The number of hydrogen-bond donors (Lipinski definition) is 0. The van der Waals surface area contributed by atoms with Crippen LogP contribution in [0.2, 0.25) is 5.02 Å². The van der Waals surface area contributed by atoms with E-state index in [9.17, 15) is 4.79 Å². The smallest absolute Gasteiger partial charge is 0.225 e. The zero-order valence-corrected chi connectivity index (χ0v) is 20.3. The molecule has 5 rings (SSSR count). The second-order valence-corrected chi connectivity index (χ2v) is 10.4. The van der Waals surface area contributed by atoms with Crippen molar-refractivity contribution >= 4 is 28.4 Å². The average molecular weight is 464 g/mol. The van der Waals surface area contributed by atoms with Crippen LogP contribution in [0.25, 0.3) is 10.9 Å². The molecule has 0 spiro atoms. The Morgan fingerprint density at radius 1 is 0.909 bits per heavy atom. The van der Waals surface area contributed by atoms with E-state index in [-0.39, 0.29) is 5.92 Å². The van der Waals surface area contributed by atoms with Gasteiger partial charge in [-0.2, -0.15) is 0 Å². The zero-order valence-electron chi connectivity index (χ0n) is 19.5. The number of hydrogen-bond acceptors (Lipinski definition) is 2. The Morgan fingerprint density at radius 2 is 1.67 bits per heavy atom. The van der Waals surface area contributed by atoms with Gasteiger partial charge in [-0.1, -0.05) is 48.9 Å². The van der Waals surface area contributed by atoms with E-state index in [0.29, 0.717) is 5.91 Å². The van der Waals surface area contributed by atoms with Crippen molar-refractivity contribution in [2.24, 2.45) is 11.8 Å². The van der Waals surface area contributed by atoms with Crippen LogP contribution in [0.1, 0.15) is 43.9 Å². The Bertz CT molecular complexity index is 1110. The molecule has 3 aromatic rings. The normalized spacial score (nSPS) is 18.8. The standard InChI is InChI=1S/C28H34ClN3O/c1-21-9-15-31(16-10-21)28(33)23-11-13-30(14-12-23)20-26-18-24-6-2-3-8-27(24)32(26)19-22-5-4-7-25(29)17-22/h2-8,17-18,21,23H,9-16,19-20H2,1H3. The molecule has 0 N–H and O–H groups in total. The minimum atomic E-state index is 0.201. The molecular formula is C28H34ClN3O. The highest BCUT2D eigenvalue weighted by Gasteiger charge is 2.30. The topological polar surface area (TPSA) is 28.5 Å². The van der Waals surface area contributed by atoms with Crippen molar-refractivity contribution in [3.63, 3.8) is 0 Å². The molecule has 4 nitrogen and oxygen atoms in total. The first-order valence-corrected chi connectivity index (χ1v) is 12.8. The van der Waals surface area contributed by atoms with E-state index in [2.05, 4.69) is 63.8 Å². The molecule has 1 amide bonds. The molecule has 3 heterocycles. The Balaban J connectivity index is 1.27. The first-order valence-electron chi connectivity index (χ1n) is 12.4. The molecule has 0 unspecified atom stereocenters. The van der Waals surface area contributed by atoms with Crippen LogP contribution in [0.4, 0.5) is 0 Å². The van der Waals surface area contributed by atoms with E-state index in [0.717, 1.165) is 75.9 Å². The van der Waals surface area contributed by atoms with Gasteiger partial charge in [-0.05, 0) is 79.9 Å². The number of rotatable bonds is 5. The van der Waals surface area contributed by atoms with Crippen LogP contribution in [0, 0.1) is 11.8 Å². The van der Waals surface area contributed by atoms with Gasteiger partial charge in [-0.15, -0.1) is 0 Å². The van der Waals surface area contributed by atoms with Gasteiger partial charge in [0.05, 0.1) is 0 Å². The largest absolute Gasteiger partial charge is 0.342 e. The average Bonchev–Trinajstić information content (AvgIpc) is 3.16. The molecular weight excluding hydrogens is 430 g/mol. The van der Waals surface area contributed by atoms with Gasteiger partial charge in [0.1, 0.15) is 0 Å². The van der Waals surface area contributed by atoms with Gasteiger partial charge in [-0.3, -0.25) is 9.69 Å². The van der Waals surface area contributed by atoms with Crippen molar-refractivity contribution in [2.75, 3.05) is 26.2 Å². The molecule has 174 valence electrons. The van der Waals surface area contributed by atoms with E-state index >= 15 is 0 Å². The quantitative estimate of drug-likeness (QED) is 0.477. The molecule has 2 fully saturated rings. The fraction of sp³-hybridized carbons (Fsp3) is 0.464. The van der Waals surface area contributed by atoms with E-state index < -0.39 is 0 Å². The number of fused-ring (bicyclic) bond motifs is 1. The molecule has 1 aromatic heterocycles. The number of para-hydroxylation sites is 1. The Kier molecular flexibility index (Phi) is 6.75. The summed E-state index contributed by atoms with van der Waals surface area (Å²) in [5, 5.41) is 2.05. The van der Waals surface area contributed by atoms with Gasteiger partial charge in [0.15, 0.2) is 0 Å². The predicted octanol–water partition coefficient (Wildman–Crippen LogP) is 5.81. The molecule has 5 heteroatoms. The second-order valence-electron chi connectivity index (χ2n) is 9.97. The third-order valence-electron chi connectivity index (χ3n) is 7.54. The van der Waals surface area contributed by atoms with E-state index in [4.69, 9.17) is 11.6 Å². The molecule has 0 radical (unpaired) electrons. The molecule has 0 atom stereocenters. The number of amides is 1. The van der Waals surface area contributed by atoms with Crippen molar-refractivity contribution < 1.29 is 4.79 Å². The summed E-state index contributed by atoms with van der Waals surface area (Å²) in [6.07, 6.45) is 4.25. The highest BCUT2D eigenvalue weighted by molar-refractivity contribution is 6.30. The van der Waals surface area contributed by atoms with Crippen LogP contribution in [0.3, 0.4) is 0 Å². The van der Waals surface area contributed by atoms with E-state index in [1.165, 1.54) is 22.2 Å². The first-order chi connectivity index (χ1) is 16.1. The minimum Gasteiger partial charge on any atom is -0.342 e. The number of aromatic nitrogens is 1. The number of piperidine rings is 2. The van der Waals surface area contributed by atoms with Crippen molar-refractivity contribution in [1.29, 1.82) is 0 Å². The number of carbonyl (C=O) groups excluding carboxylic acids is 1. The van der Waals surface area contributed by atoms with Crippen LogP contribution >= 0.6 is 11.6 Å². The molecule has 0 bridgehead atoms. The monoisotopic (exact) mass is 463 g/mol. The summed E-state index contributed by atoms with van der Waals surface area (Å²) in [6.45, 7) is 7.89. The van der Waals surface area contributed by atoms with Gasteiger partial charge in [0, 0.05) is 48.3 Å². The summed E-state index contributed by atoms with van der Waals surface area (Å²) >= 11 is 6.25. The lowest BCUT2D eigenvalue weighted by atomic mass is 9.92. The van der Waals surface area contributed by atoms with Gasteiger partial charge in [-0.25, -0.2) is 0 Å². The Hall–Kier alpha value is -2.30. The molecule has 2 saturated heterocycles. The van der Waals surface area contributed by atoms with Gasteiger partial charge < -0.3 is 9.47 Å². The molecule has 2 aromatic carbocycles. The highest BCUT2D eigenvalue weighted by Crippen LogP contribution is 2.27. The zero-order chi connectivity index (χ0) is 22.8. The van der Waals surface area contributed by atoms with Crippen molar-refractivity contribution in [2.45, 2.75) is 45.7 Å². The summed E-state index contributed by atoms with van der Waals surface area (Å²) in [5.74, 6) is 1.36. The summed E-state index contributed by atoms with van der Waals surface area (Å²) < 4.78 is 2.42. The highest BCUT2D eigenvalue weighted by atomic mass is 35.5. The number of nitrogens with zero attached hydrogens (tertiary/aromatic N) is 3. The first kappa shape index (κ1) is 22.5. The van der Waals surface area contributed by atoms with Gasteiger partial charge >= 0.3 is 0 Å². The Labute approximate surface area is 202 Å². The van der Waals surface area contributed by atoms with E-state index in [1.54, 1.807) is 0 Å². The fourth-order valence-corrected chi connectivity index (χ4v) is 5.67. The van der Waals surface area contributed by atoms with Crippen LogP contribution in [-0.2, 0) is 17.9 Å². The summed E-state index contributed by atoms with van der Waals surface area (Å²) in [7, 11) is 0. The number of likely N-dealkylation sites (tertiary alicyclic amines) is 2. The third-order valence-corrected chi connectivity index (χ3v) is 7.78. The lowest BCUT2D eigenvalue weighted by molar-refractivity contribution is -0.138. The Morgan fingerprint density at radius 3 is 2.42 bits per heavy atom. The number of carbonyl (C=O) groups is 1. The van der Waals surface area contributed by atoms with Crippen LogP contribution < -0.4 is 0 Å². The predicted molar refractivity (Wildman–Crippen MR) is 135 cm³/mol. The van der Waals surface area contributed by atoms with Crippen molar-refractivity contribution in [3.8, 4) is 0 Å². The fourth-order valence-electron chi connectivity index (χ4n) is 5.46. The van der Waals surface area contributed by atoms with E-state index in [1.807, 2.05) is 12.1 Å². The SMILES string of the molecule is CC1CCN(C(=O)C2CCN(Cc3cc4ccccc4n3Cc3cccc(Cl)c3)CC2)CC1. The summed E-state index contributed by atoms with van der Waals surface area (Å²) in [4.78, 5) is 17.7. The van der Waals surface area contributed by atoms with Crippen LogP contribution in [-0.4, -0.2) is 46.5 Å². The summed E-state index contributed by atoms with van der Waals surface area (Å²) in [6, 6.07) is 19.1. The maximum atomic E-state index is 13.0. The maximum absolute atomic E-state index is 13.0. The lowest BCUT2D eigenvalue weighted by Crippen LogP contribution is -2.45. The van der Waals surface area contributed by atoms with Crippen molar-refractivity contribution in [1.82, 2.24) is 14.4 Å². The van der Waals surface area contributed by atoms with Crippen LogP contribution in [0.5, 0.6) is 0 Å². The van der Waals surface area contributed by atoms with Crippen molar-refractivity contribution in [3.05, 3.63) is 70.9 Å². The molecule has 2 aliphatic heterocycles. The molecule has 2 aliphatic rings.